The molecule has 128 valence electrons. The third kappa shape index (κ3) is 1.73. The lowest BCUT2D eigenvalue weighted by Gasteiger charge is -2.41. The van der Waals surface area contributed by atoms with Gasteiger partial charge in [-0.25, -0.2) is 0 Å². The molecular formula is C23H24O2. The summed E-state index contributed by atoms with van der Waals surface area (Å²) in [5, 5.41) is 0. The van der Waals surface area contributed by atoms with E-state index in [2.05, 4.69) is 36.4 Å². The van der Waals surface area contributed by atoms with Gasteiger partial charge in [-0.05, 0) is 84.1 Å². The number of methoxy groups -OCH3 is 1. The summed E-state index contributed by atoms with van der Waals surface area (Å²) in [6.45, 7) is 0. The van der Waals surface area contributed by atoms with Crippen molar-refractivity contribution in [2.24, 2.45) is 41.4 Å². The van der Waals surface area contributed by atoms with Gasteiger partial charge in [0.05, 0.1) is 7.11 Å². The first-order chi connectivity index (χ1) is 12.3. The third-order valence-electron chi connectivity index (χ3n) is 7.93. The van der Waals surface area contributed by atoms with E-state index in [1.807, 2.05) is 0 Å². The van der Waals surface area contributed by atoms with Gasteiger partial charge in [0.2, 0.25) is 0 Å². The van der Waals surface area contributed by atoms with Crippen molar-refractivity contribution >= 4 is 11.4 Å². The average Bonchev–Trinajstić information content (AvgIpc) is 3.34. The summed E-state index contributed by atoms with van der Waals surface area (Å²) in [6, 6.07) is 6.56. The average molecular weight is 332 g/mol. The Balaban J connectivity index is 1.43. The lowest BCUT2D eigenvalue weighted by Crippen LogP contribution is -2.34. The third-order valence-corrected chi connectivity index (χ3v) is 7.93. The second-order valence-electron chi connectivity index (χ2n) is 8.70. The topological polar surface area (TPSA) is 26.3 Å². The maximum absolute atomic E-state index is 13.1. The van der Waals surface area contributed by atoms with E-state index in [1.165, 1.54) is 29.5 Å². The van der Waals surface area contributed by atoms with E-state index in [1.54, 1.807) is 7.11 Å². The smallest absolute Gasteiger partial charge is 0.140 e. The molecule has 7 atom stereocenters. The summed E-state index contributed by atoms with van der Waals surface area (Å²) in [6.07, 6.45) is 11.7. The van der Waals surface area contributed by atoms with Gasteiger partial charge in [0.15, 0.2) is 0 Å². The summed E-state index contributed by atoms with van der Waals surface area (Å²) >= 11 is 0. The molecule has 0 aromatic heterocycles. The standard InChI is InChI=1S/C23H24O2/c1-25-15-5-7-16-12(11-15)4-6-18-17(16)8-9-19-22(18)20-13-2-3-14(10-13)21(20)23(19)24/h2-3,5,7-8,11,13-14,18-22H,4,6,9-10H2,1H3/t13-,14+,18+,19+,20?,21?,22-/m0/s1. The van der Waals surface area contributed by atoms with Gasteiger partial charge in [0.25, 0.3) is 0 Å². The zero-order valence-electron chi connectivity index (χ0n) is 14.7. The summed E-state index contributed by atoms with van der Waals surface area (Å²) < 4.78 is 5.42. The molecule has 2 saturated carbocycles. The molecule has 0 spiro atoms. The zero-order chi connectivity index (χ0) is 16.7. The quantitative estimate of drug-likeness (QED) is 0.717. The predicted molar refractivity (Wildman–Crippen MR) is 97.1 cm³/mol. The molecule has 2 nitrogen and oxygen atoms in total. The molecule has 5 aliphatic carbocycles. The Morgan fingerprint density at radius 3 is 2.84 bits per heavy atom. The highest BCUT2D eigenvalue weighted by atomic mass is 16.5. The number of hydrogen-bond donors (Lipinski definition) is 0. The van der Waals surface area contributed by atoms with Gasteiger partial charge >= 0.3 is 0 Å². The fraction of sp³-hybridized carbons (Fsp3) is 0.522. The molecule has 1 aromatic carbocycles. The molecule has 2 unspecified atom stereocenters. The van der Waals surface area contributed by atoms with Crippen LogP contribution in [0.4, 0.5) is 0 Å². The van der Waals surface area contributed by atoms with Crippen molar-refractivity contribution in [3.05, 3.63) is 47.6 Å². The molecule has 0 saturated heterocycles. The number of allylic oxidation sites excluding steroid dienone is 4. The molecular weight excluding hydrogens is 308 g/mol. The highest BCUT2D eigenvalue weighted by Crippen LogP contribution is 2.64. The first-order valence-corrected chi connectivity index (χ1v) is 9.85. The molecule has 2 fully saturated rings. The summed E-state index contributed by atoms with van der Waals surface area (Å²) in [5.41, 5.74) is 4.38. The fourth-order valence-corrected chi connectivity index (χ4v) is 7.08. The van der Waals surface area contributed by atoms with Crippen molar-refractivity contribution in [3.63, 3.8) is 0 Å². The molecule has 0 heterocycles. The minimum absolute atomic E-state index is 0.300. The summed E-state index contributed by atoms with van der Waals surface area (Å²) in [7, 11) is 1.74. The lowest BCUT2D eigenvalue weighted by molar-refractivity contribution is -0.125. The number of ketones is 1. The largest absolute Gasteiger partial charge is 0.497 e. The predicted octanol–water partition coefficient (Wildman–Crippen LogP) is 4.30. The van der Waals surface area contributed by atoms with Crippen molar-refractivity contribution in [1.82, 2.24) is 0 Å². The normalized spacial score (nSPS) is 42.5. The van der Waals surface area contributed by atoms with Gasteiger partial charge in [0.1, 0.15) is 11.5 Å². The van der Waals surface area contributed by atoms with Crippen LogP contribution in [-0.4, -0.2) is 12.9 Å². The van der Waals surface area contributed by atoms with Crippen LogP contribution in [0.1, 0.15) is 30.4 Å². The minimum Gasteiger partial charge on any atom is -0.497 e. The molecule has 2 heteroatoms. The maximum atomic E-state index is 13.1. The molecule has 6 rings (SSSR count). The van der Waals surface area contributed by atoms with Crippen molar-refractivity contribution in [2.75, 3.05) is 7.11 Å². The highest BCUT2D eigenvalue weighted by Gasteiger charge is 2.62. The van der Waals surface area contributed by atoms with Crippen LogP contribution in [0.2, 0.25) is 0 Å². The molecule has 25 heavy (non-hydrogen) atoms. The molecule has 5 aliphatic rings. The number of benzene rings is 1. The Morgan fingerprint density at radius 2 is 1.96 bits per heavy atom. The van der Waals surface area contributed by atoms with E-state index in [9.17, 15) is 4.79 Å². The Morgan fingerprint density at radius 1 is 1.08 bits per heavy atom. The molecule has 0 radical (unpaired) electrons. The van der Waals surface area contributed by atoms with Crippen LogP contribution >= 0.6 is 0 Å². The number of Topliss-reactive ketones (excluding diaryl/α,β-unsaturated/α-hetero) is 1. The van der Waals surface area contributed by atoms with Crippen LogP contribution in [-0.2, 0) is 11.2 Å². The SMILES string of the molecule is COc1ccc2c(c1)CC[C@@H]1C2=CC[C@H]2C(=O)C3C([C@@H]12)[C@H]1C=C[C@@H]3C1. The number of carbonyl (C=O) groups is 1. The van der Waals surface area contributed by atoms with Crippen LogP contribution in [0.5, 0.6) is 5.75 Å². The van der Waals surface area contributed by atoms with E-state index in [0.29, 0.717) is 47.2 Å². The molecule has 0 N–H and O–H groups in total. The van der Waals surface area contributed by atoms with Crippen LogP contribution < -0.4 is 4.74 Å². The van der Waals surface area contributed by atoms with Crippen molar-refractivity contribution in [1.29, 1.82) is 0 Å². The second-order valence-corrected chi connectivity index (χ2v) is 8.70. The maximum Gasteiger partial charge on any atom is 0.140 e. The Bertz CT molecular complexity index is 832. The zero-order valence-corrected chi connectivity index (χ0v) is 14.7. The van der Waals surface area contributed by atoms with Crippen LogP contribution in [0.25, 0.3) is 5.57 Å². The van der Waals surface area contributed by atoms with Gasteiger partial charge in [-0.3, -0.25) is 4.79 Å². The number of ether oxygens (including phenoxy) is 1. The summed E-state index contributed by atoms with van der Waals surface area (Å²) in [5.74, 6) is 5.23. The number of rotatable bonds is 1. The van der Waals surface area contributed by atoms with Crippen LogP contribution in [0.3, 0.4) is 0 Å². The number of aryl methyl sites for hydroxylation is 1. The van der Waals surface area contributed by atoms with Gasteiger partial charge in [-0.1, -0.05) is 24.3 Å². The Kier molecular flexibility index (Phi) is 2.80. The second kappa shape index (κ2) is 4.87. The number of carbonyl (C=O) groups excluding carboxylic acids is 1. The van der Waals surface area contributed by atoms with Crippen molar-refractivity contribution in [2.45, 2.75) is 25.7 Å². The minimum atomic E-state index is 0.300. The Hall–Kier alpha value is -1.83. The van der Waals surface area contributed by atoms with E-state index in [0.717, 1.165) is 18.6 Å². The van der Waals surface area contributed by atoms with Crippen LogP contribution in [0, 0.1) is 41.4 Å². The number of fused-ring (bicyclic) bond motifs is 11. The summed E-state index contributed by atoms with van der Waals surface area (Å²) in [4.78, 5) is 13.1. The van der Waals surface area contributed by atoms with E-state index in [4.69, 9.17) is 4.74 Å². The van der Waals surface area contributed by atoms with E-state index < -0.39 is 0 Å². The molecule has 0 aliphatic heterocycles. The van der Waals surface area contributed by atoms with Gasteiger partial charge in [-0.15, -0.1) is 0 Å². The molecule has 2 bridgehead atoms. The molecule has 0 amide bonds. The number of hydrogen-bond acceptors (Lipinski definition) is 2. The highest BCUT2D eigenvalue weighted by molar-refractivity contribution is 5.90. The first kappa shape index (κ1) is 14.4. The lowest BCUT2D eigenvalue weighted by atomic mass is 9.62. The van der Waals surface area contributed by atoms with Gasteiger partial charge in [-0.2, -0.15) is 0 Å². The fourth-order valence-electron chi connectivity index (χ4n) is 7.08. The Labute approximate surface area is 149 Å². The van der Waals surface area contributed by atoms with Gasteiger partial charge in [0, 0.05) is 11.8 Å². The van der Waals surface area contributed by atoms with Crippen molar-refractivity contribution in [3.8, 4) is 5.75 Å². The van der Waals surface area contributed by atoms with Gasteiger partial charge < -0.3 is 4.74 Å². The van der Waals surface area contributed by atoms with Crippen molar-refractivity contribution < 1.29 is 9.53 Å². The first-order valence-electron chi connectivity index (χ1n) is 9.85. The molecule has 1 aromatic rings. The van der Waals surface area contributed by atoms with E-state index >= 15 is 0 Å². The van der Waals surface area contributed by atoms with E-state index in [-0.39, 0.29) is 0 Å². The van der Waals surface area contributed by atoms with Crippen LogP contribution in [0.15, 0.2) is 36.4 Å². The monoisotopic (exact) mass is 332 g/mol.